The van der Waals surface area contributed by atoms with Crippen molar-refractivity contribution in [3.63, 3.8) is 0 Å². The van der Waals surface area contributed by atoms with Crippen molar-refractivity contribution in [1.82, 2.24) is 5.32 Å². The van der Waals surface area contributed by atoms with E-state index in [2.05, 4.69) is 43.5 Å². The third-order valence-electron chi connectivity index (χ3n) is 6.67. The highest BCUT2D eigenvalue weighted by Crippen LogP contribution is 2.43. The molecule has 0 aromatic rings. The van der Waals surface area contributed by atoms with Crippen LogP contribution in [-0.4, -0.2) is 64.9 Å². The maximum atomic E-state index is 12.1. The summed E-state index contributed by atoms with van der Waals surface area (Å²) >= 11 is 0. The second-order valence-electron chi connectivity index (χ2n) is 11.0. The normalized spacial score (nSPS) is 14.5. The van der Waals surface area contributed by atoms with Gasteiger partial charge in [-0.05, 0) is 51.4 Å². The van der Waals surface area contributed by atoms with Crippen LogP contribution in [0.15, 0.2) is 24.3 Å². The van der Waals surface area contributed by atoms with Crippen molar-refractivity contribution >= 4 is 25.7 Å². The molecule has 0 saturated carbocycles. The Balaban J connectivity index is 4.07. The summed E-state index contributed by atoms with van der Waals surface area (Å²) in [5.74, 6) is -2.41. The molecule has 0 fully saturated rings. The largest absolute Gasteiger partial charge is 0.480 e. The van der Waals surface area contributed by atoms with Crippen LogP contribution in [0.2, 0.25) is 0 Å². The minimum absolute atomic E-state index is 0.134. The Kier molecular flexibility index (Phi) is 27.1. The van der Waals surface area contributed by atoms with Crippen LogP contribution in [0.5, 0.6) is 0 Å². The molecule has 3 unspecified atom stereocenters. The number of aliphatic hydroxyl groups is 1. The third-order valence-corrected chi connectivity index (χ3v) is 7.63. The van der Waals surface area contributed by atoms with Crippen molar-refractivity contribution in [2.24, 2.45) is 0 Å². The second kappa shape index (κ2) is 28.4. The maximum Gasteiger partial charge on any atom is 0.472 e. The van der Waals surface area contributed by atoms with Crippen molar-refractivity contribution in [2.45, 2.75) is 142 Å². The van der Waals surface area contributed by atoms with Gasteiger partial charge in [-0.2, -0.15) is 0 Å². The fourth-order valence-corrected chi connectivity index (χ4v) is 4.85. The van der Waals surface area contributed by atoms with Crippen molar-refractivity contribution in [2.75, 3.05) is 19.8 Å². The number of esters is 1. The summed E-state index contributed by atoms with van der Waals surface area (Å²) < 4.78 is 26.5. The van der Waals surface area contributed by atoms with Crippen LogP contribution in [0.25, 0.3) is 0 Å². The zero-order valence-corrected chi connectivity index (χ0v) is 27.9. The van der Waals surface area contributed by atoms with Crippen LogP contribution < -0.4 is 5.32 Å². The number of amides is 1. The Bertz CT molecular complexity index is 864. The fourth-order valence-electron chi connectivity index (χ4n) is 4.08. The quantitative estimate of drug-likeness (QED) is 0.0283. The molecule has 0 heterocycles. The molecule has 0 bridgehead atoms. The number of phosphoric ester groups is 1. The first kappa shape index (κ1) is 42.0. The number of phosphoric acid groups is 1. The molecule has 0 radical (unpaired) electrons. The van der Waals surface area contributed by atoms with Gasteiger partial charge < -0.3 is 25.2 Å². The zero-order chi connectivity index (χ0) is 32.9. The van der Waals surface area contributed by atoms with E-state index in [1.54, 1.807) is 0 Å². The Labute approximate surface area is 264 Å². The predicted molar refractivity (Wildman–Crippen MR) is 171 cm³/mol. The molecule has 4 N–H and O–H groups in total. The Morgan fingerprint density at radius 3 is 1.73 bits per heavy atom. The molecule has 0 saturated heterocycles. The number of hydrogen-bond acceptors (Lipinski definition) is 8. The van der Waals surface area contributed by atoms with Crippen molar-refractivity contribution in [1.29, 1.82) is 0 Å². The minimum Gasteiger partial charge on any atom is -0.480 e. The lowest BCUT2D eigenvalue weighted by atomic mass is 10.1. The highest BCUT2D eigenvalue weighted by atomic mass is 31.2. The first-order valence-electron chi connectivity index (χ1n) is 16.4. The van der Waals surface area contributed by atoms with Gasteiger partial charge in [0.1, 0.15) is 12.7 Å². The molecule has 44 heavy (non-hydrogen) atoms. The van der Waals surface area contributed by atoms with Crippen LogP contribution in [-0.2, 0) is 32.7 Å². The van der Waals surface area contributed by atoms with Gasteiger partial charge in [0.15, 0.2) is 6.04 Å². The number of nitrogens with one attached hydrogen (secondary N) is 1. The number of unbranched alkanes of at least 4 members (excludes halogenated alkanes) is 12. The van der Waals surface area contributed by atoms with Crippen LogP contribution in [0.1, 0.15) is 129 Å². The summed E-state index contributed by atoms with van der Waals surface area (Å²) in [5.41, 5.74) is 0. The highest BCUT2D eigenvalue weighted by molar-refractivity contribution is 7.47. The van der Waals surface area contributed by atoms with Gasteiger partial charge in [0.2, 0.25) is 5.91 Å². The summed E-state index contributed by atoms with van der Waals surface area (Å²) in [4.78, 5) is 45.4. The maximum absolute atomic E-state index is 12.1. The summed E-state index contributed by atoms with van der Waals surface area (Å²) in [6, 6.07) is -1.55. The lowest BCUT2D eigenvalue weighted by molar-refractivity contribution is -0.147. The van der Waals surface area contributed by atoms with E-state index >= 15 is 0 Å². The molecule has 3 atom stereocenters. The number of carbonyl (C=O) groups excluding carboxylic acids is 2. The number of carboxylic acid groups (broad SMARTS) is 1. The van der Waals surface area contributed by atoms with Gasteiger partial charge in [-0.3, -0.25) is 18.6 Å². The summed E-state index contributed by atoms with van der Waals surface area (Å²) in [6.07, 6.45) is 23.8. The summed E-state index contributed by atoms with van der Waals surface area (Å²) in [6.45, 7) is 2.39. The van der Waals surface area contributed by atoms with Crippen LogP contribution in [0.4, 0.5) is 0 Å². The number of carbonyl (C=O) groups is 3. The molecule has 0 spiro atoms. The van der Waals surface area contributed by atoms with E-state index in [-0.39, 0.29) is 12.8 Å². The molecule has 0 aromatic carbocycles. The van der Waals surface area contributed by atoms with Crippen molar-refractivity contribution in [3.8, 4) is 0 Å². The lowest BCUT2D eigenvalue weighted by Gasteiger charge is -2.18. The Morgan fingerprint density at radius 1 is 0.705 bits per heavy atom. The van der Waals surface area contributed by atoms with E-state index in [4.69, 9.17) is 13.8 Å². The number of aliphatic carboxylic acids is 1. The van der Waals surface area contributed by atoms with E-state index in [1.165, 1.54) is 0 Å². The van der Waals surface area contributed by atoms with Crippen LogP contribution >= 0.6 is 7.82 Å². The SMILES string of the molecule is CCC/C=C\CCCCCCCC(=O)NC(COP(=O)(O)OCC(O)COC(=O)CCCCCCC/C=C\CCC)C(=O)O. The molecule has 0 aliphatic carbocycles. The number of carboxylic acids is 1. The van der Waals surface area contributed by atoms with Gasteiger partial charge >= 0.3 is 19.8 Å². The fraction of sp³-hybridized carbons (Fsp3) is 0.781. The molecule has 0 rings (SSSR count). The number of hydrogen-bond donors (Lipinski definition) is 4. The van der Waals surface area contributed by atoms with Crippen molar-refractivity contribution < 1.29 is 47.8 Å². The van der Waals surface area contributed by atoms with Crippen LogP contribution in [0, 0.1) is 0 Å². The number of aliphatic hydroxyl groups excluding tert-OH is 1. The predicted octanol–water partition coefficient (Wildman–Crippen LogP) is 6.77. The molecular weight excluding hydrogens is 589 g/mol. The van der Waals surface area contributed by atoms with Gasteiger partial charge in [0.25, 0.3) is 0 Å². The second-order valence-corrected chi connectivity index (χ2v) is 12.4. The summed E-state index contributed by atoms with van der Waals surface area (Å²) in [7, 11) is -4.74. The zero-order valence-electron chi connectivity index (χ0n) is 27.0. The average molecular weight is 648 g/mol. The smallest absolute Gasteiger partial charge is 0.472 e. The Morgan fingerprint density at radius 2 is 1.18 bits per heavy atom. The first-order chi connectivity index (χ1) is 21.1. The van der Waals surface area contributed by atoms with E-state index in [0.717, 1.165) is 89.9 Å². The number of ether oxygens (including phenoxy) is 1. The van der Waals surface area contributed by atoms with Gasteiger partial charge in [0.05, 0.1) is 13.2 Å². The first-order valence-corrected chi connectivity index (χ1v) is 17.9. The van der Waals surface area contributed by atoms with E-state index in [1.807, 2.05) is 0 Å². The standard InChI is InChI=1S/C32H58NO10P/c1-3-5-7-9-11-13-15-17-19-21-23-30(35)33-29(32(37)38)27-43-44(39,40)42-26-28(34)25-41-31(36)24-22-20-18-16-14-12-10-8-6-4-2/h7-10,28-29,34H,3-6,11-27H2,1-2H3,(H,33,35)(H,37,38)(H,39,40)/b9-7-,10-8-. The van der Waals surface area contributed by atoms with Gasteiger partial charge in [0, 0.05) is 12.8 Å². The molecule has 12 heteroatoms. The van der Waals surface area contributed by atoms with E-state index in [9.17, 15) is 34.1 Å². The molecule has 0 aliphatic rings. The molecule has 1 amide bonds. The lowest BCUT2D eigenvalue weighted by Crippen LogP contribution is -2.43. The number of rotatable bonds is 30. The average Bonchev–Trinajstić information content (AvgIpc) is 2.99. The van der Waals surface area contributed by atoms with E-state index < -0.39 is 57.6 Å². The molecule has 11 nitrogen and oxygen atoms in total. The highest BCUT2D eigenvalue weighted by Gasteiger charge is 2.28. The number of allylic oxidation sites excluding steroid dienone is 4. The van der Waals surface area contributed by atoms with Gasteiger partial charge in [-0.25, -0.2) is 9.36 Å². The van der Waals surface area contributed by atoms with E-state index in [0.29, 0.717) is 12.8 Å². The molecule has 0 aliphatic heterocycles. The third kappa shape index (κ3) is 27.5. The Hall–Kier alpha value is -2.04. The molecule has 0 aromatic heterocycles. The van der Waals surface area contributed by atoms with Gasteiger partial charge in [-0.15, -0.1) is 0 Å². The topological polar surface area (TPSA) is 169 Å². The molecule has 256 valence electrons. The monoisotopic (exact) mass is 647 g/mol. The minimum atomic E-state index is -4.74. The molecular formula is C32H58NO10P. The van der Waals surface area contributed by atoms with Gasteiger partial charge in [-0.1, -0.05) is 89.5 Å². The van der Waals surface area contributed by atoms with Crippen LogP contribution in [0.3, 0.4) is 0 Å². The van der Waals surface area contributed by atoms with Crippen molar-refractivity contribution in [3.05, 3.63) is 24.3 Å². The summed E-state index contributed by atoms with van der Waals surface area (Å²) in [5, 5.41) is 21.6.